The number of nitrogens with zero attached hydrogens (tertiary/aromatic N) is 1. The normalized spacial score (nSPS) is 26.8. The summed E-state index contributed by atoms with van der Waals surface area (Å²) in [4.78, 5) is 14.6. The van der Waals surface area contributed by atoms with Crippen molar-refractivity contribution < 1.29 is 9.53 Å². The second-order valence-corrected chi connectivity index (χ2v) is 7.22. The Morgan fingerprint density at radius 2 is 2.12 bits per heavy atom. The van der Waals surface area contributed by atoms with Crippen LogP contribution >= 0.6 is 0 Å². The summed E-state index contributed by atoms with van der Waals surface area (Å²) >= 11 is 0. The number of carbonyl (C=O) groups excluding carboxylic acids is 1. The predicted octanol–water partition coefficient (Wildman–Crippen LogP) is 2.92. The highest BCUT2D eigenvalue weighted by atomic mass is 16.5. The van der Waals surface area contributed by atoms with Gasteiger partial charge in [0.1, 0.15) is 0 Å². The second-order valence-electron chi connectivity index (χ2n) is 7.22. The van der Waals surface area contributed by atoms with E-state index in [0.717, 1.165) is 45.2 Å². The zero-order valence-electron chi connectivity index (χ0n) is 15.0. The molecule has 1 aromatic carbocycles. The van der Waals surface area contributed by atoms with Crippen LogP contribution in [0.3, 0.4) is 0 Å². The molecule has 0 saturated carbocycles. The van der Waals surface area contributed by atoms with Crippen molar-refractivity contribution in [3.05, 3.63) is 29.3 Å². The number of rotatable bonds is 4. The molecular formula is C20H30N2O2. The number of fused-ring (bicyclic) bond motifs is 1. The standard InChI is InChI=1S/C20H30N2O2/c1-3-14-13-22(10-9-19(14)20(23)24-4-2)18-8-6-15-11-17(21)7-5-16(15)12-18/h6,8,12,14,17,19H,3-5,7,9-11,13,21H2,1-2H3/t14-,17+,19?/m1/s1. The lowest BCUT2D eigenvalue weighted by atomic mass is 9.83. The van der Waals surface area contributed by atoms with E-state index in [2.05, 4.69) is 30.0 Å². The van der Waals surface area contributed by atoms with E-state index in [-0.39, 0.29) is 11.9 Å². The average molecular weight is 330 g/mol. The van der Waals surface area contributed by atoms with E-state index in [0.29, 0.717) is 18.6 Å². The minimum atomic E-state index is -0.0107. The number of carbonyl (C=O) groups is 1. The van der Waals surface area contributed by atoms with Gasteiger partial charge < -0.3 is 15.4 Å². The van der Waals surface area contributed by atoms with Gasteiger partial charge in [0, 0.05) is 24.8 Å². The molecule has 0 spiro atoms. The summed E-state index contributed by atoms with van der Waals surface area (Å²) in [5.41, 5.74) is 10.2. The highest BCUT2D eigenvalue weighted by molar-refractivity contribution is 5.73. The molecular weight excluding hydrogens is 300 g/mol. The molecule has 1 aliphatic heterocycles. The Hall–Kier alpha value is -1.55. The maximum Gasteiger partial charge on any atom is 0.309 e. The van der Waals surface area contributed by atoms with E-state index in [1.807, 2.05) is 6.92 Å². The minimum absolute atomic E-state index is 0.0107. The highest BCUT2D eigenvalue weighted by Crippen LogP contribution is 2.32. The number of hydrogen-bond acceptors (Lipinski definition) is 4. The molecule has 0 bridgehead atoms. The van der Waals surface area contributed by atoms with Gasteiger partial charge in [-0.3, -0.25) is 4.79 Å². The molecule has 1 heterocycles. The van der Waals surface area contributed by atoms with Crippen molar-refractivity contribution in [1.82, 2.24) is 0 Å². The molecule has 1 fully saturated rings. The summed E-state index contributed by atoms with van der Waals surface area (Å²) in [7, 11) is 0. The van der Waals surface area contributed by atoms with E-state index >= 15 is 0 Å². The third kappa shape index (κ3) is 3.59. The van der Waals surface area contributed by atoms with Crippen molar-refractivity contribution in [3.63, 3.8) is 0 Å². The first-order chi connectivity index (χ1) is 11.6. The summed E-state index contributed by atoms with van der Waals surface area (Å²) < 4.78 is 5.27. The van der Waals surface area contributed by atoms with Crippen LogP contribution < -0.4 is 10.6 Å². The number of benzene rings is 1. The molecule has 1 saturated heterocycles. The fourth-order valence-electron chi connectivity index (χ4n) is 4.21. The van der Waals surface area contributed by atoms with Crippen molar-refractivity contribution in [2.24, 2.45) is 17.6 Å². The summed E-state index contributed by atoms with van der Waals surface area (Å²) in [5, 5.41) is 0. The van der Waals surface area contributed by atoms with Crippen molar-refractivity contribution in [1.29, 1.82) is 0 Å². The Balaban J connectivity index is 1.71. The lowest BCUT2D eigenvalue weighted by Crippen LogP contribution is -2.43. The SMILES string of the molecule is CCOC(=O)C1CCN(c2ccc3c(c2)CC[C@H](N)C3)C[C@H]1CC. The van der Waals surface area contributed by atoms with Gasteiger partial charge in [0.05, 0.1) is 12.5 Å². The molecule has 1 aromatic rings. The van der Waals surface area contributed by atoms with Crippen LogP contribution in [0.1, 0.15) is 44.2 Å². The van der Waals surface area contributed by atoms with E-state index in [9.17, 15) is 4.79 Å². The van der Waals surface area contributed by atoms with Crippen LogP contribution in [0.15, 0.2) is 18.2 Å². The van der Waals surface area contributed by atoms with Gasteiger partial charge in [-0.1, -0.05) is 19.4 Å². The van der Waals surface area contributed by atoms with Gasteiger partial charge >= 0.3 is 5.97 Å². The van der Waals surface area contributed by atoms with E-state index in [1.54, 1.807) is 0 Å². The third-order valence-corrected chi connectivity index (χ3v) is 5.67. The van der Waals surface area contributed by atoms with Gasteiger partial charge in [0.25, 0.3) is 0 Å². The third-order valence-electron chi connectivity index (χ3n) is 5.67. The van der Waals surface area contributed by atoms with Gasteiger partial charge in [-0.15, -0.1) is 0 Å². The molecule has 24 heavy (non-hydrogen) atoms. The first-order valence-corrected chi connectivity index (χ1v) is 9.41. The fraction of sp³-hybridized carbons (Fsp3) is 0.650. The van der Waals surface area contributed by atoms with Crippen LogP contribution in [0.25, 0.3) is 0 Å². The number of aryl methyl sites for hydroxylation is 1. The molecule has 2 aliphatic rings. The Bertz CT molecular complexity index is 587. The Morgan fingerprint density at radius 3 is 2.88 bits per heavy atom. The molecule has 0 amide bonds. The topological polar surface area (TPSA) is 55.6 Å². The van der Waals surface area contributed by atoms with Crippen LogP contribution in [-0.4, -0.2) is 31.7 Å². The van der Waals surface area contributed by atoms with Gasteiger partial charge in [0.2, 0.25) is 0 Å². The zero-order chi connectivity index (χ0) is 17.1. The molecule has 132 valence electrons. The van der Waals surface area contributed by atoms with Crippen molar-refractivity contribution in [3.8, 4) is 0 Å². The number of nitrogens with two attached hydrogens (primary N) is 1. The quantitative estimate of drug-likeness (QED) is 0.863. The van der Waals surface area contributed by atoms with Gasteiger partial charge in [-0.25, -0.2) is 0 Å². The molecule has 3 rings (SSSR count). The summed E-state index contributed by atoms with van der Waals surface area (Å²) in [6.45, 7) is 6.40. The van der Waals surface area contributed by atoms with Gasteiger partial charge in [-0.2, -0.15) is 0 Å². The largest absolute Gasteiger partial charge is 0.466 e. The number of esters is 1. The maximum absolute atomic E-state index is 12.2. The number of hydrogen-bond donors (Lipinski definition) is 1. The highest BCUT2D eigenvalue weighted by Gasteiger charge is 2.34. The second kappa shape index (κ2) is 7.56. The van der Waals surface area contributed by atoms with Crippen LogP contribution in [0, 0.1) is 11.8 Å². The fourth-order valence-corrected chi connectivity index (χ4v) is 4.21. The molecule has 3 atom stereocenters. The van der Waals surface area contributed by atoms with Crippen LogP contribution in [0.5, 0.6) is 0 Å². The van der Waals surface area contributed by atoms with E-state index < -0.39 is 0 Å². The Morgan fingerprint density at radius 1 is 1.29 bits per heavy atom. The van der Waals surface area contributed by atoms with Gasteiger partial charge in [-0.05, 0) is 61.8 Å². The molecule has 4 nitrogen and oxygen atoms in total. The van der Waals surface area contributed by atoms with Gasteiger partial charge in [0.15, 0.2) is 0 Å². The number of ether oxygens (including phenoxy) is 1. The maximum atomic E-state index is 12.2. The molecule has 0 aromatic heterocycles. The lowest BCUT2D eigenvalue weighted by molar-refractivity contribution is -0.150. The van der Waals surface area contributed by atoms with E-state index in [4.69, 9.17) is 10.5 Å². The van der Waals surface area contributed by atoms with Crippen molar-refractivity contribution in [2.45, 2.75) is 52.0 Å². The summed E-state index contributed by atoms with van der Waals surface area (Å²) in [5.74, 6) is 0.424. The number of anilines is 1. The first kappa shape index (κ1) is 17.3. The van der Waals surface area contributed by atoms with Crippen molar-refractivity contribution >= 4 is 11.7 Å². The number of piperidine rings is 1. The minimum Gasteiger partial charge on any atom is -0.466 e. The molecule has 2 N–H and O–H groups in total. The Labute approximate surface area is 145 Å². The van der Waals surface area contributed by atoms with Crippen LogP contribution in [0.4, 0.5) is 5.69 Å². The summed E-state index contributed by atoms with van der Waals surface area (Å²) in [6.07, 6.45) is 5.07. The zero-order valence-corrected chi connectivity index (χ0v) is 15.0. The average Bonchev–Trinajstić information content (AvgIpc) is 2.60. The Kier molecular flexibility index (Phi) is 5.44. The smallest absolute Gasteiger partial charge is 0.309 e. The lowest BCUT2D eigenvalue weighted by Gasteiger charge is -2.39. The first-order valence-electron chi connectivity index (χ1n) is 9.41. The van der Waals surface area contributed by atoms with Crippen LogP contribution in [0.2, 0.25) is 0 Å². The summed E-state index contributed by atoms with van der Waals surface area (Å²) in [6, 6.07) is 7.14. The van der Waals surface area contributed by atoms with Crippen LogP contribution in [-0.2, 0) is 22.4 Å². The van der Waals surface area contributed by atoms with Crippen molar-refractivity contribution in [2.75, 3.05) is 24.6 Å². The monoisotopic (exact) mass is 330 g/mol. The molecule has 1 unspecified atom stereocenters. The predicted molar refractivity (Wildman–Crippen MR) is 97.2 cm³/mol. The molecule has 1 aliphatic carbocycles. The molecule has 4 heteroatoms. The molecule has 0 radical (unpaired) electrons. The van der Waals surface area contributed by atoms with E-state index in [1.165, 1.54) is 16.8 Å².